The molecule has 0 aliphatic carbocycles. The highest BCUT2D eigenvalue weighted by Gasteiger charge is 2.28. The number of hydrogen-bond donors (Lipinski definition) is 0. The van der Waals surface area contributed by atoms with Crippen LogP contribution in [0.2, 0.25) is 5.15 Å². The van der Waals surface area contributed by atoms with E-state index in [1.807, 2.05) is 12.4 Å². The Kier molecular flexibility index (Phi) is 4.82. The fourth-order valence-electron chi connectivity index (χ4n) is 3.35. The minimum Gasteiger partial charge on any atom is -0.371 e. The van der Waals surface area contributed by atoms with E-state index in [4.69, 9.17) is 11.6 Å². The molecule has 0 amide bonds. The van der Waals surface area contributed by atoms with Crippen molar-refractivity contribution in [1.82, 2.24) is 9.97 Å². The van der Waals surface area contributed by atoms with Gasteiger partial charge < -0.3 is 4.90 Å². The molecule has 1 saturated heterocycles. The average molecular weight is 344 g/mol. The van der Waals surface area contributed by atoms with E-state index in [-0.39, 0.29) is 0 Å². The molecule has 0 aromatic carbocycles. The summed E-state index contributed by atoms with van der Waals surface area (Å²) in [4.78, 5) is 11.5. The zero-order valence-corrected chi connectivity index (χ0v) is 15.8. The van der Waals surface area contributed by atoms with Gasteiger partial charge in [-0.3, -0.25) is 4.98 Å². The van der Waals surface area contributed by atoms with E-state index < -0.39 is 0 Å². The number of anilines is 1. The summed E-state index contributed by atoms with van der Waals surface area (Å²) in [6, 6.07) is 4.18. The van der Waals surface area contributed by atoms with Gasteiger partial charge in [0.25, 0.3) is 0 Å². The molecule has 24 heavy (non-hydrogen) atoms. The van der Waals surface area contributed by atoms with Gasteiger partial charge in [0.05, 0.1) is 11.4 Å². The number of aromatic nitrogens is 2. The summed E-state index contributed by atoms with van der Waals surface area (Å²) in [6.07, 6.45) is 7.06. The highest BCUT2D eigenvalue weighted by atomic mass is 35.5. The standard InChI is InChI=1S/C20H26ClN3/c1-5-15-18(24-10-8-20(3,4)9-11-24)16(13-23-19(15)21)17-7-6-14(2)12-22-17/h6-7,12-13H,5,8-11H2,1-4H3. The number of rotatable bonds is 3. The summed E-state index contributed by atoms with van der Waals surface area (Å²) in [6.45, 7) is 11.0. The van der Waals surface area contributed by atoms with Gasteiger partial charge in [-0.2, -0.15) is 0 Å². The maximum atomic E-state index is 6.43. The van der Waals surface area contributed by atoms with Crippen molar-refractivity contribution < 1.29 is 0 Å². The van der Waals surface area contributed by atoms with Crippen LogP contribution in [-0.2, 0) is 6.42 Å². The first-order valence-electron chi connectivity index (χ1n) is 8.76. The molecule has 1 aliphatic rings. The molecule has 0 N–H and O–H groups in total. The Labute approximate surface area is 150 Å². The predicted molar refractivity (Wildman–Crippen MR) is 102 cm³/mol. The molecular formula is C20H26ClN3. The van der Waals surface area contributed by atoms with Crippen molar-refractivity contribution in [3.8, 4) is 11.3 Å². The fraction of sp³-hybridized carbons (Fsp3) is 0.500. The molecule has 2 aromatic heterocycles. The molecule has 3 nitrogen and oxygen atoms in total. The van der Waals surface area contributed by atoms with Crippen LogP contribution in [0.5, 0.6) is 0 Å². The zero-order chi connectivity index (χ0) is 17.3. The van der Waals surface area contributed by atoms with Crippen LogP contribution in [0, 0.1) is 12.3 Å². The van der Waals surface area contributed by atoms with E-state index >= 15 is 0 Å². The van der Waals surface area contributed by atoms with Crippen molar-refractivity contribution in [2.75, 3.05) is 18.0 Å². The summed E-state index contributed by atoms with van der Waals surface area (Å²) in [7, 11) is 0. The fourth-order valence-corrected chi connectivity index (χ4v) is 3.62. The Morgan fingerprint density at radius 2 is 1.83 bits per heavy atom. The predicted octanol–water partition coefficient (Wildman–Crippen LogP) is 5.29. The van der Waals surface area contributed by atoms with Crippen LogP contribution < -0.4 is 4.90 Å². The van der Waals surface area contributed by atoms with Crippen molar-refractivity contribution in [2.24, 2.45) is 5.41 Å². The van der Waals surface area contributed by atoms with Crippen molar-refractivity contribution >= 4 is 17.3 Å². The zero-order valence-electron chi connectivity index (χ0n) is 15.1. The van der Waals surface area contributed by atoms with Crippen LogP contribution >= 0.6 is 11.6 Å². The quantitative estimate of drug-likeness (QED) is 0.708. The van der Waals surface area contributed by atoms with Gasteiger partial charge in [0.1, 0.15) is 5.15 Å². The van der Waals surface area contributed by atoms with E-state index in [1.54, 1.807) is 0 Å². The van der Waals surface area contributed by atoms with E-state index in [9.17, 15) is 0 Å². The van der Waals surface area contributed by atoms with Gasteiger partial charge in [-0.1, -0.05) is 38.4 Å². The van der Waals surface area contributed by atoms with Gasteiger partial charge in [-0.25, -0.2) is 4.98 Å². The first-order valence-corrected chi connectivity index (χ1v) is 9.14. The molecule has 0 atom stereocenters. The smallest absolute Gasteiger partial charge is 0.134 e. The van der Waals surface area contributed by atoms with Gasteiger partial charge in [-0.05, 0) is 43.2 Å². The lowest BCUT2D eigenvalue weighted by Gasteiger charge is -2.39. The maximum Gasteiger partial charge on any atom is 0.134 e. The topological polar surface area (TPSA) is 29.0 Å². The molecule has 0 radical (unpaired) electrons. The van der Waals surface area contributed by atoms with E-state index in [0.717, 1.165) is 41.9 Å². The van der Waals surface area contributed by atoms with Crippen LogP contribution in [-0.4, -0.2) is 23.1 Å². The molecule has 0 saturated carbocycles. The number of halogens is 1. The molecule has 1 aliphatic heterocycles. The van der Waals surface area contributed by atoms with Crippen LogP contribution in [0.3, 0.4) is 0 Å². The Morgan fingerprint density at radius 3 is 2.42 bits per heavy atom. The first kappa shape index (κ1) is 17.2. The van der Waals surface area contributed by atoms with Crippen LogP contribution in [0.1, 0.15) is 44.7 Å². The van der Waals surface area contributed by atoms with Crippen LogP contribution in [0.15, 0.2) is 24.5 Å². The van der Waals surface area contributed by atoms with Crippen LogP contribution in [0.25, 0.3) is 11.3 Å². The monoisotopic (exact) mass is 343 g/mol. The normalized spacial score (nSPS) is 17.1. The largest absolute Gasteiger partial charge is 0.371 e. The Morgan fingerprint density at radius 1 is 1.12 bits per heavy atom. The second-order valence-corrected chi connectivity index (χ2v) is 7.87. The average Bonchev–Trinajstić information content (AvgIpc) is 2.56. The molecule has 0 spiro atoms. The minimum absolute atomic E-state index is 0.419. The molecular weight excluding hydrogens is 318 g/mol. The van der Waals surface area contributed by atoms with Gasteiger partial charge in [0.15, 0.2) is 0 Å². The highest BCUT2D eigenvalue weighted by Crippen LogP contribution is 2.40. The molecule has 0 bridgehead atoms. The van der Waals surface area contributed by atoms with E-state index in [1.165, 1.54) is 18.5 Å². The molecule has 1 fully saturated rings. The highest BCUT2D eigenvalue weighted by molar-refractivity contribution is 6.30. The summed E-state index contributed by atoms with van der Waals surface area (Å²) in [5.41, 5.74) is 6.01. The minimum atomic E-state index is 0.419. The Hall–Kier alpha value is -1.61. The summed E-state index contributed by atoms with van der Waals surface area (Å²) >= 11 is 6.43. The number of pyridine rings is 2. The third-order valence-electron chi connectivity index (χ3n) is 5.07. The summed E-state index contributed by atoms with van der Waals surface area (Å²) in [5, 5.41) is 0.619. The van der Waals surface area contributed by atoms with Crippen LogP contribution in [0.4, 0.5) is 5.69 Å². The molecule has 0 unspecified atom stereocenters. The van der Waals surface area contributed by atoms with Gasteiger partial charge in [0, 0.05) is 36.6 Å². The Bertz CT molecular complexity index is 712. The third-order valence-corrected chi connectivity index (χ3v) is 5.40. The summed E-state index contributed by atoms with van der Waals surface area (Å²) < 4.78 is 0. The van der Waals surface area contributed by atoms with Gasteiger partial charge >= 0.3 is 0 Å². The van der Waals surface area contributed by atoms with E-state index in [0.29, 0.717) is 10.6 Å². The lowest BCUT2D eigenvalue weighted by atomic mass is 9.82. The molecule has 128 valence electrons. The van der Waals surface area contributed by atoms with Crippen molar-refractivity contribution in [1.29, 1.82) is 0 Å². The number of piperidine rings is 1. The second-order valence-electron chi connectivity index (χ2n) is 7.52. The van der Waals surface area contributed by atoms with Crippen molar-refractivity contribution in [3.63, 3.8) is 0 Å². The lowest BCUT2D eigenvalue weighted by molar-refractivity contribution is 0.279. The number of nitrogens with zero attached hydrogens (tertiary/aromatic N) is 3. The van der Waals surface area contributed by atoms with E-state index in [2.05, 4.69) is 54.7 Å². The second kappa shape index (κ2) is 6.72. The summed E-state index contributed by atoms with van der Waals surface area (Å²) in [5.74, 6) is 0. The van der Waals surface area contributed by atoms with Crippen molar-refractivity contribution in [3.05, 3.63) is 40.8 Å². The molecule has 2 aromatic rings. The van der Waals surface area contributed by atoms with Gasteiger partial charge in [0.2, 0.25) is 0 Å². The number of hydrogen-bond acceptors (Lipinski definition) is 3. The Balaban J connectivity index is 2.08. The first-order chi connectivity index (χ1) is 11.4. The molecule has 3 heterocycles. The maximum absolute atomic E-state index is 6.43. The van der Waals surface area contributed by atoms with Gasteiger partial charge in [-0.15, -0.1) is 0 Å². The molecule has 4 heteroatoms. The van der Waals surface area contributed by atoms with Crippen molar-refractivity contribution in [2.45, 2.75) is 47.0 Å². The lowest BCUT2D eigenvalue weighted by Crippen LogP contribution is -2.38. The third kappa shape index (κ3) is 3.41. The SMILES string of the molecule is CCc1c(Cl)ncc(-c2ccc(C)cn2)c1N1CCC(C)(C)CC1. The molecule has 3 rings (SSSR count). The number of aryl methyl sites for hydroxylation is 1.